The third-order valence-corrected chi connectivity index (χ3v) is 4.45. The molecule has 0 amide bonds. The number of benzene rings is 1. The van der Waals surface area contributed by atoms with E-state index < -0.39 is 36.2 Å². The monoisotopic (exact) mass is 408 g/mol. The Balaban J connectivity index is 1.86. The van der Waals surface area contributed by atoms with E-state index in [1.807, 2.05) is 6.92 Å². The molecule has 0 bridgehead atoms. The van der Waals surface area contributed by atoms with Crippen LogP contribution in [0.3, 0.4) is 0 Å². The quantitative estimate of drug-likeness (QED) is 0.359. The minimum absolute atomic E-state index is 0.136. The Morgan fingerprint density at radius 1 is 1.07 bits per heavy atom. The van der Waals surface area contributed by atoms with Crippen molar-refractivity contribution in [3.05, 3.63) is 23.8 Å². The fourth-order valence-electron chi connectivity index (χ4n) is 2.90. The van der Waals surface area contributed by atoms with Gasteiger partial charge < -0.3 is 18.9 Å². The number of unbranched alkanes of at least 4 members (excludes halogenated alkanes) is 1. The van der Waals surface area contributed by atoms with Gasteiger partial charge in [-0.15, -0.1) is 0 Å². The molecular formula is C20H28F4O4. The van der Waals surface area contributed by atoms with Crippen molar-refractivity contribution in [1.29, 1.82) is 0 Å². The molecule has 1 heterocycles. The van der Waals surface area contributed by atoms with E-state index in [1.54, 1.807) is 0 Å². The summed E-state index contributed by atoms with van der Waals surface area (Å²) >= 11 is 0. The summed E-state index contributed by atoms with van der Waals surface area (Å²) in [5, 5.41) is 0. The SMILES string of the molecule is CCCCOc1ccc(OC(F)(F)COC2CCC(CCC)OC2)c(F)c1F. The number of ether oxygens (including phenoxy) is 4. The molecule has 1 aromatic carbocycles. The number of hydrogen-bond acceptors (Lipinski definition) is 4. The summed E-state index contributed by atoms with van der Waals surface area (Å²) in [5.41, 5.74) is 0. The van der Waals surface area contributed by atoms with E-state index in [0.29, 0.717) is 12.8 Å². The van der Waals surface area contributed by atoms with Crippen molar-refractivity contribution in [3.8, 4) is 11.5 Å². The van der Waals surface area contributed by atoms with Crippen LogP contribution in [0.15, 0.2) is 12.1 Å². The molecule has 8 heteroatoms. The van der Waals surface area contributed by atoms with Crippen LogP contribution in [-0.4, -0.2) is 38.1 Å². The van der Waals surface area contributed by atoms with E-state index in [0.717, 1.165) is 37.8 Å². The van der Waals surface area contributed by atoms with Gasteiger partial charge in [0.2, 0.25) is 11.6 Å². The lowest BCUT2D eigenvalue weighted by molar-refractivity contribution is -0.229. The molecular weight excluding hydrogens is 380 g/mol. The van der Waals surface area contributed by atoms with Crippen molar-refractivity contribution < 1.29 is 36.5 Å². The largest absolute Gasteiger partial charge is 0.490 e. The molecule has 0 aliphatic carbocycles. The van der Waals surface area contributed by atoms with Gasteiger partial charge in [0.05, 0.1) is 25.4 Å². The van der Waals surface area contributed by atoms with Crippen LogP contribution in [0.5, 0.6) is 11.5 Å². The Bertz CT molecular complexity index is 604. The van der Waals surface area contributed by atoms with E-state index in [1.165, 1.54) is 0 Å². The van der Waals surface area contributed by atoms with Gasteiger partial charge in [0.25, 0.3) is 0 Å². The molecule has 2 atom stereocenters. The first-order valence-corrected chi connectivity index (χ1v) is 9.77. The fourth-order valence-corrected chi connectivity index (χ4v) is 2.90. The second kappa shape index (κ2) is 10.9. The Labute approximate surface area is 163 Å². The summed E-state index contributed by atoms with van der Waals surface area (Å²) < 4.78 is 76.2. The molecule has 4 nitrogen and oxygen atoms in total. The normalized spacial score (nSPS) is 20.2. The predicted octanol–water partition coefficient (Wildman–Crippen LogP) is 5.48. The van der Waals surface area contributed by atoms with E-state index >= 15 is 0 Å². The molecule has 0 N–H and O–H groups in total. The summed E-state index contributed by atoms with van der Waals surface area (Å²) in [7, 11) is 0. The van der Waals surface area contributed by atoms with Crippen LogP contribution >= 0.6 is 0 Å². The molecule has 0 spiro atoms. The van der Waals surface area contributed by atoms with Gasteiger partial charge in [0, 0.05) is 0 Å². The molecule has 28 heavy (non-hydrogen) atoms. The van der Waals surface area contributed by atoms with E-state index in [-0.39, 0.29) is 25.1 Å². The summed E-state index contributed by atoms with van der Waals surface area (Å²) in [6.07, 6.45) is 0.606. The van der Waals surface area contributed by atoms with Crippen molar-refractivity contribution in [2.75, 3.05) is 19.8 Å². The molecule has 1 aliphatic rings. The highest BCUT2D eigenvalue weighted by Crippen LogP contribution is 2.31. The van der Waals surface area contributed by atoms with Crippen molar-refractivity contribution in [1.82, 2.24) is 0 Å². The summed E-state index contributed by atoms with van der Waals surface area (Å²) in [6.45, 7) is 3.34. The van der Waals surface area contributed by atoms with Gasteiger partial charge in [-0.1, -0.05) is 26.7 Å². The lowest BCUT2D eigenvalue weighted by Gasteiger charge is -2.30. The van der Waals surface area contributed by atoms with Crippen LogP contribution in [0.1, 0.15) is 52.4 Å². The van der Waals surface area contributed by atoms with E-state index in [2.05, 4.69) is 11.7 Å². The highest BCUT2D eigenvalue weighted by molar-refractivity contribution is 5.35. The Kier molecular flexibility index (Phi) is 8.82. The van der Waals surface area contributed by atoms with Crippen molar-refractivity contribution >= 4 is 0 Å². The molecule has 2 unspecified atom stereocenters. The summed E-state index contributed by atoms with van der Waals surface area (Å²) in [6, 6.07) is 2.00. The Morgan fingerprint density at radius 3 is 2.43 bits per heavy atom. The second-order valence-corrected chi connectivity index (χ2v) is 6.89. The predicted molar refractivity (Wildman–Crippen MR) is 96.0 cm³/mol. The zero-order valence-electron chi connectivity index (χ0n) is 16.3. The molecule has 1 saturated heterocycles. The average molecular weight is 408 g/mol. The third kappa shape index (κ3) is 6.81. The van der Waals surface area contributed by atoms with Crippen LogP contribution in [0, 0.1) is 11.6 Å². The minimum atomic E-state index is -3.81. The maximum atomic E-state index is 14.0. The van der Waals surface area contributed by atoms with Gasteiger partial charge in [-0.3, -0.25) is 0 Å². The van der Waals surface area contributed by atoms with E-state index in [4.69, 9.17) is 14.2 Å². The van der Waals surface area contributed by atoms with Gasteiger partial charge in [-0.25, -0.2) is 0 Å². The number of rotatable bonds is 11. The minimum Gasteiger partial charge on any atom is -0.490 e. The Morgan fingerprint density at radius 2 is 1.79 bits per heavy atom. The summed E-state index contributed by atoms with van der Waals surface area (Å²) in [4.78, 5) is 0. The molecule has 0 aromatic heterocycles. The third-order valence-electron chi connectivity index (χ3n) is 4.45. The van der Waals surface area contributed by atoms with Crippen LogP contribution in [0.25, 0.3) is 0 Å². The summed E-state index contributed by atoms with van der Waals surface area (Å²) in [5.74, 6) is -4.10. The van der Waals surface area contributed by atoms with Gasteiger partial charge in [0.15, 0.2) is 18.1 Å². The standard InChI is InChI=1S/C20H28F4O4/c1-3-5-11-25-16-9-10-17(19(22)18(16)21)28-20(23,24)13-27-15-8-7-14(6-4-2)26-12-15/h9-10,14-15H,3-8,11-13H2,1-2H3. The molecule has 160 valence electrons. The maximum Gasteiger partial charge on any atom is 0.422 e. The van der Waals surface area contributed by atoms with Gasteiger partial charge in [0.1, 0.15) is 0 Å². The molecule has 2 rings (SSSR count). The first-order chi connectivity index (χ1) is 13.4. The van der Waals surface area contributed by atoms with Gasteiger partial charge in [-0.05, 0) is 37.8 Å². The van der Waals surface area contributed by atoms with Gasteiger partial charge >= 0.3 is 6.11 Å². The van der Waals surface area contributed by atoms with Crippen LogP contribution in [0.4, 0.5) is 17.6 Å². The fraction of sp³-hybridized carbons (Fsp3) is 0.700. The second-order valence-electron chi connectivity index (χ2n) is 6.89. The Hall–Kier alpha value is -1.54. The van der Waals surface area contributed by atoms with E-state index in [9.17, 15) is 17.6 Å². The van der Waals surface area contributed by atoms with Crippen molar-refractivity contribution in [2.24, 2.45) is 0 Å². The van der Waals surface area contributed by atoms with Crippen LogP contribution in [-0.2, 0) is 9.47 Å². The highest BCUT2D eigenvalue weighted by atomic mass is 19.3. The lowest BCUT2D eigenvalue weighted by Crippen LogP contribution is -2.37. The van der Waals surface area contributed by atoms with Gasteiger partial charge in [-0.2, -0.15) is 17.6 Å². The van der Waals surface area contributed by atoms with Crippen molar-refractivity contribution in [2.45, 2.75) is 70.7 Å². The zero-order valence-corrected chi connectivity index (χ0v) is 16.3. The number of alkyl halides is 2. The molecule has 1 fully saturated rings. The topological polar surface area (TPSA) is 36.9 Å². The van der Waals surface area contributed by atoms with Crippen molar-refractivity contribution in [3.63, 3.8) is 0 Å². The first kappa shape index (κ1) is 22.7. The van der Waals surface area contributed by atoms with Crippen LogP contribution < -0.4 is 9.47 Å². The molecule has 1 aliphatic heterocycles. The smallest absolute Gasteiger partial charge is 0.422 e. The lowest BCUT2D eigenvalue weighted by atomic mass is 10.0. The number of halogens is 4. The first-order valence-electron chi connectivity index (χ1n) is 9.77. The van der Waals surface area contributed by atoms with Crippen LogP contribution in [0.2, 0.25) is 0 Å². The zero-order chi connectivity index (χ0) is 20.6. The number of hydrogen-bond donors (Lipinski definition) is 0. The molecule has 1 aromatic rings. The molecule has 0 saturated carbocycles. The maximum absolute atomic E-state index is 14.0. The highest BCUT2D eigenvalue weighted by Gasteiger charge is 2.36. The molecule has 0 radical (unpaired) electrons. The average Bonchev–Trinajstić information content (AvgIpc) is 2.67.